The van der Waals surface area contributed by atoms with E-state index in [0.29, 0.717) is 11.8 Å². The molecule has 0 radical (unpaired) electrons. The van der Waals surface area contributed by atoms with Crippen molar-refractivity contribution < 1.29 is 13.9 Å². The summed E-state index contributed by atoms with van der Waals surface area (Å²) in [5, 5.41) is 0.749. The Morgan fingerprint density at radius 3 is 2.76 bits per heavy atom. The van der Waals surface area contributed by atoms with Gasteiger partial charge in [0.2, 0.25) is 5.88 Å². The molecular formula is C16H9ClFNO2. The van der Waals surface area contributed by atoms with Crippen LogP contribution in [0.4, 0.5) is 4.39 Å². The van der Waals surface area contributed by atoms with E-state index >= 15 is 0 Å². The SMILES string of the molecule is O=Cc1cc2ccccc2nc1Oc1cccc(Cl)c1F. The summed E-state index contributed by atoms with van der Waals surface area (Å²) in [7, 11) is 0. The van der Waals surface area contributed by atoms with Crippen molar-refractivity contribution in [1.82, 2.24) is 4.98 Å². The second kappa shape index (κ2) is 5.50. The summed E-state index contributed by atoms with van der Waals surface area (Å²) in [6.45, 7) is 0. The zero-order valence-electron chi connectivity index (χ0n) is 10.7. The van der Waals surface area contributed by atoms with E-state index in [1.54, 1.807) is 18.2 Å². The van der Waals surface area contributed by atoms with Gasteiger partial charge in [0.25, 0.3) is 0 Å². The number of nitrogens with zero attached hydrogens (tertiary/aromatic N) is 1. The summed E-state index contributed by atoms with van der Waals surface area (Å²) in [5.41, 5.74) is 0.897. The molecule has 0 saturated heterocycles. The first-order chi connectivity index (χ1) is 10.2. The Balaban J connectivity index is 2.11. The first-order valence-corrected chi connectivity index (χ1v) is 6.53. The van der Waals surface area contributed by atoms with Crippen molar-refractivity contribution >= 4 is 28.8 Å². The smallest absolute Gasteiger partial charge is 0.230 e. The number of rotatable bonds is 3. The second-order valence-corrected chi connectivity index (χ2v) is 4.75. The van der Waals surface area contributed by atoms with Crippen molar-refractivity contribution in [2.45, 2.75) is 0 Å². The molecule has 0 N–H and O–H groups in total. The molecule has 0 fully saturated rings. The number of fused-ring (bicyclic) bond motifs is 1. The summed E-state index contributed by atoms with van der Waals surface area (Å²) in [5.74, 6) is -0.718. The van der Waals surface area contributed by atoms with Gasteiger partial charge in [-0.3, -0.25) is 4.79 Å². The van der Waals surface area contributed by atoms with Gasteiger partial charge in [0.15, 0.2) is 17.9 Å². The van der Waals surface area contributed by atoms with Gasteiger partial charge in [-0.2, -0.15) is 0 Å². The normalized spacial score (nSPS) is 10.6. The molecule has 0 spiro atoms. The predicted octanol–water partition coefficient (Wildman–Crippen LogP) is 4.63. The number of aromatic nitrogens is 1. The van der Waals surface area contributed by atoms with Crippen LogP contribution in [0.2, 0.25) is 5.02 Å². The maximum Gasteiger partial charge on any atom is 0.230 e. The van der Waals surface area contributed by atoms with Gasteiger partial charge in [-0.05, 0) is 24.3 Å². The van der Waals surface area contributed by atoms with Crippen molar-refractivity contribution in [1.29, 1.82) is 0 Å². The molecule has 1 aromatic heterocycles. The summed E-state index contributed by atoms with van der Waals surface area (Å²) >= 11 is 5.70. The lowest BCUT2D eigenvalue weighted by Gasteiger charge is -2.09. The minimum atomic E-state index is -0.689. The Kier molecular flexibility index (Phi) is 3.54. The third-order valence-corrected chi connectivity index (χ3v) is 3.26. The summed E-state index contributed by atoms with van der Waals surface area (Å²) in [4.78, 5) is 15.4. The van der Waals surface area contributed by atoms with Gasteiger partial charge in [-0.25, -0.2) is 9.37 Å². The average Bonchev–Trinajstić information content (AvgIpc) is 2.51. The van der Waals surface area contributed by atoms with Gasteiger partial charge in [-0.1, -0.05) is 35.9 Å². The Hall–Kier alpha value is -2.46. The average molecular weight is 302 g/mol. The fraction of sp³-hybridized carbons (Fsp3) is 0. The number of hydrogen-bond donors (Lipinski definition) is 0. The molecule has 3 nitrogen and oxygen atoms in total. The van der Waals surface area contributed by atoms with Crippen LogP contribution in [0, 0.1) is 5.82 Å². The van der Waals surface area contributed by atoms with Gasteiger partial charge in [-0.15, -0.1) is 0 Å². The highest BCUT2D eigenvalue weighted by Gasteiger charge is 2.13. The number of aldehydes is 1. The first kappa shape index (κ1) is 13.5. The van der Waals surface area contributed by atoms with Crippen LogP contribution in [0.1, 0.15) is 10.4 Å². The molecule has 0 unspecified atom stereocenters. The molecule has 0 bridgehead atoms. The summed E-state index contributed by atoms with van der Waals surface area (Å²) in [6.07, 6.45) is 0.622. The topological polar surface area (TPSA) is 39.2 Å². The molecule has 5 heteroatoms. The van der Waals surface area contributed by atoms with Gasteiger partial charge in [0, 0.05) is 5.39 Å². The molecule has 3 rings (SSSR count). The maximum atomic E-state index is 13.9. The first-order valence-electron chi connectivity index (χ1n) is 6.16. The number of carbonyl (C=O) groups excluding carboxylic acids is 1. The standard InChI is InChI=1S/C16H9ClFNO2/c17-12-5-3-7-14(15(12)18)21-16-11(9-20)8-10-4-1-2-6-13(10)19-16/h1-9H. The van der Waals surface area contributed by atoms with Crippen molar-refractivity contribution in [3.8, 4) is 11.6 Å². The van der Waals surface area contributed by atoms with Crippen molar-refractivity contribution in [3.63, 3.8) is 0 Å². The Labute approximate surface area is 124 Å². The van der Waals surface area contributed by atoms with Crippen LogP contribution in [0.5, 0.6) is 11.6 Å². The van der Waals surface area contributed by atoms with E-state index in [4.69, 9.17) is 16.3 Å². The van der Waals surface area contributed by atoms with E-state index in [9.17, 15) is 9.18 Å². The lowest BCUT2D eigenvalue weighted by molar-refractivity contribution is 0.112. The number of ether oxygens (including phenoxy) is 1. The van der Waals surface area contributed by atoms with Crippen LogP contribution in [0.3, 0.4) is 0 Å². The molecule has 0 atom stereocenters. The Bertz CT molecular complexity index is 836. The monoisotopic (exact) mass is 301 g/mol. The highest BCUT2D eigenvalue weighted by molar-refractivity contribution is 6.30. The molecule has 2 aromatic carbocycles. The predicted molar refractivity (Wildman–Crippen MR) is 78.6 cm³/mol. The highest BCUT2D eigenvalue weighted by atomic mass is 35.5. The molecule has 0 aliphatic heterocycles. The molecule has 3 aromatic rings. The van der Waals surface area contributed by atoms with Crippen LogP contribution >= 0.6 is 11.6 Å². The second-order valence-electron chi connectivity index (χ2n) is 4.35. The molecular weight excluding hydrogens is 293 g/mol. The lowest BCUT2D eigenvalue weighted by atomic mass is 10.1. The van der Waals surface area contributed by atoms with Gasteiger partial charge < -0.3 is 4.74 Å². The molecule has 1 heterocycles. The largest absolute Gasteiger partial charge is 0.435 e. The Morgan fingerprint density at radius 1 is 1.14 bits per heavy atom. The van der Waals surface area contributed by atoms with Gasteiger partial charge in [0.05, 0.1) is 16.1 Å². The number of hydrogen-bond acceptors (Lipinski definition) is 3. The van der Waals surface area contributed by atoms with E-state index in [-0.39, 0.29) is 22.2 Å². The number of para-hydroxylation sites is 1. The summed E-state index contributed by atoms with van der Waals surface area (Å²) < 4.78 is 19.3. The minimum Gasteiger partial charge on any atom is -0.435 e. The number of pyridine rings is 1. The van der Waals surface area contributed by atoms with Crippen LogP contribution < -0.4 is 4.74 Å². The number of benzene rings is 2. The van der Waals surface area contributed by atoms with Gasteiger partial charge in [0.1, 0.15) is 0 Å². The third-order valence-electron chi connectivity index (χ3n) is 2.97. The van der Waals surface area contributed by atoms with E-state index in [0.717, 1.165) is 5.39 Å². The zero-order valence-corrected chi connectivity index (χ0v) is 11.5. The number of carbonyl (C=O) groups is 1. The number of halogens is 2. The Morgan fingerprint density at radius 2 is 1.95 bits per heavy atom. The lowest BCUT2D eigenvalue weighted by Crippen LogP contribution is -1.96. The molecule has 0 aliphatic rings. The van der Waals surface area contributed by atoms with Crippen molar-refractivity contribution in [2.24, 2.45) is 0 Å². The fourth-order valence-electron chi connectivity index (χ4n) is 1.95. The molecule has 104 valence electrons. The summed E-state index contributed by atoms with van der Waals surface area (Å²) in [6, 6.07) is 13.3. The zero-order chi connectivity index (χ0) is 14.8. The highest BCUT2D eigenvalue weighted by Crippen LogP contribution is 2.30. The van der Waals surface area contributed by atoms with E-state index in [2.05, 4.69) is 4.98 Å². The molecule has 0 amide bonds. The van der Waals surface area contributed by atoms with Crippen molar-refractivity contribution in [3.05, 3.63) is 64.9 Å². The molecule has 0 aliphatic carbocycles. The van der Waals surface area contributed by atoms with Gasteiger partial charge >= 0.3 is 0 Å². The third kappa shape index (κ3) is 2.58. The van der Waals surface area contributed by atoms with Crippen molar-refractivity contribution in [2.75, 3.05) is 0 Å². The molecule has 0 saturated carbocycles. The van der Waals surface area contributed by atoms with Crippen LogP contribution in [0.15, 0.2) is 48.5 Å². The van der Waals surface area contributed by atoms with Crippen LogP contribution in [-0.4, -0.2) is 11.3 Å². The molecule has 21 heavy (non-hydrogen) atoms. The van der Waals surface area contributed by atoms with Crippen LogP contribution in [0.25, 0.3) is 10.9 Å². The fourth-order valence-corrected chi connectivity index (χ4v) is 2.11. The quantitative estimate of drug-likeness (QED) is 0.662. The van der Waals surface area contributed by atoms with E-state index in [1.807, 2.05) is 18.2 Å². The van der Waals surface area contributed by atoms with E-state index in [1.165, 1.54) is 12.1 Å². The van der Waals surface area contributed by atoms with E-state index < -0.39 is 5.82 Å². The minimum absolute atomic E-state index is 0.0462. The van der Waals surface area contributed by atoms with Crippen LogP contribution in [-0.2, 0) is 0 Å². The maximum absolute atomic E-state index is 13.9.